The van der Waals surface area contributed by atoms with E-state index in [1.165, 1.54) is 0 Å². The quantitative estimate of drug-likeness (QED) is 0.831. The van der Waals surface area contributed by atoms with Gasteiger partial charge in [-0.1, -0.05) is 6.07 Å². The van der Waals surface area contributed by atoms with Gasteiger partial charge in [0, 0.05) is 17.4 Å². The van der Waals surface area contributed by atoms with Crippen LogP contribution in [-0.2, 0) is 15.7 Å². The van der Waals surface area contributed by atoms with Crippen LogP contribution in [0.15, 0.2) is 12.3 Å². The van der Waals surface area contributed by atoms with E-state index in [-0.39, 0.29) is 18.3 Å². The summed E-state index contributed by atoms with van der Waals surface area (Å²) < 4.78 is 12.1. The molecule has 0 atom stereocenters. The van der Waals surface area contributed by atoms with Gasteiger partial charge in [0.1, 0.15) is 0 Å². The average Bonchev–Trinajstić information content (AvgIpc) is 2.51. The number of nitrogens with two attached hydrogens (primary N) is 1. The van der Waals surface area contributed by atoms with Crippen LogP contribution in [0.25, 0.3) is 0 Å². The smallest absolute Gasteiger partial charge is 0.399 e. The molecule has 104 valence electrons. The Kier molecular flexibility index (Phi) is 3.73. The molecule has 0 aromatic carbocycles. The first-order valence-electron chi connectivity index (χ1n) is 6.78. The summed E-state index contributed by atoms with van der Waals surface area (Å²) in [7, 11) is -0.352. The normalized spacial score (nSPS) is 20.8. The highest BCUT2D eigenvalue weighted by molar-refractivity contribution is 6.62. The second-order valence-corrected chi connectivity index (χ2v) is 6.14. The molecule has 2 rings (SSSR count). The predicted molar refractivity (Wildman–Crippen MR) is 77.4 cm³/mol. The molecule has 0 aliphatic carbocycles. The fourth-order valence-corrected chi connectivity index (χ4v) is 2.11. The number of aryl methyl sites for hydroxylation is 1. The second kappa shape index (κ2) is 4.89. The van der Waals surface area contributed by atoms with Gasteiger partial charge in [-0.25, -0.2) is 0 Å². The lowest BCUT2D eigenvalue weighted by atomic mass is 9.79. The number of pyridine rings is 1. The number of nitrogens with zero attached hydrogens (tertiary/aromatic N) is 1. The molecular formula is C14H23BN2O2. The van der Waals surface area contributed by atoms with Gasteiger partial charge in [-0.3, -0.25) is 4.98 Å². The summed E-state index contributed by atoms with van der Waals surface area (Å²) in [5.41, 5.74) is 8.13. The van der Waals surface area contributed by atoms with E-state index in [4.69, 9.17) is 15.0 Å². The molecule has 0 bridgehead atoms. The van der Waals surface area contributed by atoms with E-state index >= 15 is 0 Å². The summed E-state index contributed by atoms with van der Waals surface area (Å²) >= 11 is 0. The van der Waals surface area contributed by atoms with E-state index < -0.39 is 0 Å². The second-order valence-electron chi connectivity index (χ2n) is 6.14. The van der Waals surface area contributed by atoms with Crippen LogP contribution >= 0.6 is 0 Å². The van der Waals surface area contributed by atoms with Gasteiger partial charge < -0.3 is 15.0 Å². The Hall–Kier alpha value is -0.905. The van der Waals surface area contributed by atoms with Crippen molar-refractivity contribution in [1.29, 1.82) is 0 Å². The van der Waals surface area contributed by atoms with E-state index in [0.717, 1.165) is 23.1 Å². The maximum Gasteiger partial charge on any atom is 0.496 e. The van der Waals surface area contributed by atoms with Crippen LogP contribution in [0.2, 0.25) is 0 Å². The minimum atomic E-state index is -0.352. The van der Waals surface area contributed by atoms with E-state index in [1.807, 2.05) is 13.1 Å². The molecule has 1 aromatic heterocycles. The van der Waals surface area contributed by atoms with Crippen LogP contribution in [0.5, 0.6) is 0 Å². The maximum absolute atomic E-state index is 6.03. The van der Waals surface area contributed by atoms with Crippen molar-refractivity contribution in [3.05, 3.63) is 23.5 Å². The lowest BCUT2D eigenvalue weighted by Gasteiger charge is -2.32. The van der Waals surface area contributed by atoms with Crippen LogP contribution in [0.1, 0.15) is 39.0 Å². The van der Waals surface area contributed by atoms with E-state index in [1.54, 1.807) is 0 Å². The molecule has 0 unspecified atom stereocenters. The highest BCUT2D eigenvalue weighted by Crippen LogP contribution is 2.36. The number of hydrogen-bond donors (Lipinski definition) is 1. The van der Waals surface area contributed by atoms with Crippen molar-refractivity contribution in [1.82, 2.24) is 4.98 Å². The zero-order chi connectivity index (χ0) is 14.3. The molecule has 19 heavy (non-hydrogen) atoms. The maximum atomic E-state index is 6.03. The molecule has 5 heteroatoms. The fourth-order valence-electron chi connectivity index (χ4n) is 2.11. The minimum absolute atomic E-state index is 0.323. The Morgan fingerprint density at radius 2 is 1.79 bits per heavy atom. The summed E-state index contributed by atoms with van der Waals surface area (Å²) in [5, 5.41) is 0. The van der Waals surface area contributed by atoms with Crippen LogP contribution in [0, 0.1) is 6.92 Å². The van der Waals surface area contributed by atoms with Crippen molar-refractivity contribution in [2.75, 3.05) is 6.54 Å². The Morgan fingerprint density at radius 1 is 1.21 bits per heavy atom. The Bertz CT molecular complexity index is 459. The first-order valence-corrected chi connectivity index (χ1v) is 6.78. The van der Waals surface area contributed by atoms with Gasteiger partial charge in [-0.2, -0.15) is 0 Å². The van der Waals surface area contributed by atoms with Gasteiger partial charge in [0.05, 0.1) is 11.2 Å². The van der Waals surface area contributed by atoms with Gasteiger partial charge in [-0.15, -0.1) is 0 Å². The summed E-state index contributed by atoms with van der Waals surface area (Å²) in [6.45, 7) is 10.8. The highest BCUT2D eigenvalue weighted by Gasteiger charge is 2.51. The van der Waals surface area contributed by atoms with Crippen LogP contribution in [-0.4, -0.2) is 29.8 Å². The van der Waals surface area contributed by atoms with Gasteiger partial charge in [-0.05, 0) is 53.1 Å². The Morgan fingerprint density at radius 3 is 2.32 bits per heavy atom. The summed E-state index contributed by atoms with van der Waals surface area (Å²) in [6.07, 6.45) is 2.66. The molecule has 1 aromatic rings. The van der Waals surface area contributed by atoms with Crippen LogP contribution in [0.3, 0.4) is 0 Å². The van der Waals surface area contributed by atoms with Crippen molar-refractivity contribution in [3.63, 3.8) is 0 Å². The molecule has 1 aliphatic rings. The predicted octanol–water partition coefficient (Wildman–Crippen LogP) is 1.19. The van der Waals surface area contributed by atoms with Crippen molar-refractivity contribution in [3.8, 4) is 0 Å². The molecule has 0 saturated carbocycles. The third kappa shape index (κ3) is 2.68. The molecule has 1 fully saturated rings. The van der Waals surface area contributed by atoms with Crippen molar-refractivity contribution in [2.24, 2.45) is 5.73 Å². The standard InChI is InChI=1S/C14H23BN2O2/c1-10-11(6-7-16)8-12(9-17-10)15-18-13(2,3)14(4,5)19-15/h8-9H,6-7,16H2,1-5H3. The van der Waals surface area contributed by atoms with E-state index in [0.29, 0.717) is 6.54 Å². The minimum Gasteiger partial charge on any atom is -0.399 e. The topological polar surface area (TPSA) is 57.4 Å². The molecule has 0 amide bonds. The number of aromatic nitrogens is 1. The van der Waals surface area contributed by atoms with Gasteiger partial charge in [0.2, 0.25) is 0 Å². The number of rotatable bonds is 3. The van der Waals surface area contributed by atoms with E-state index in [9.17, 15) is 0 Å². The highest BCUT2D eigenvalue weighted by atomic mass is 16.7. The lowest BCUT2D eigenvalue weighted by Crippen LogP contribution is -2.41. The summed E-state index contributed by atoms with van der Waals surface area (Å²) in [4.78, 5) is 4.42. The molecule has 2 N–H and O–H groups in total. The summed E-state index contributed by atoms with van der Waals surface area (Å²) in [5.74, 6) is 0. The van der Waals surface area contributed by atoms with Gasteiger partial charge in [0.15, 0.2) is 0 Å². The van der Waals surface area contributed by atoms with E-state index in [2.05, 4.69) is 38.7 Å². The van der Waals surface area contributed by atoms with Gasteiger partial charge >= 0.3 is 7.12 Å². The van der Waals surface area contributed by atoms with Crippen LogP contribution < -0.4 is 11.2 Å². The first kappa shape index (κ1) is 14.5. The van der Waals surface area contributed by atoms with Crippen molar-refractivity contribution in [2.45, 2.75) is 52.2 Å². The number of hydrogen-bond acceptors (Lipinski definition) is 4. The molecule has 0 spiro atoms. The fraction of sp³-hybridized carbons (Fsp3) is 0.643. The molecule has 1 saturated heterocycles. The first-order chi connectivity index (χ1) is 8.77. The molecule has 4 nitrogen and oxygen atoms in total. The molecule has 2 heterocycles. The third-order valence-electron chi connectivity index (χ3n) is 4.15. The third-order valence-corrected chi connectivity index (χ3v) is 4.15. The Balaban J connectivity index is 2.27. The largest absolute Gasteiger partial charge is 0.496 e. The summed E-state index contributed by atoms with van der Waals surface area (Å²) in [6, 6.07) is 2.09. The molecule has 0 radical (unpaired) electrons. The monoisotopic (exact) mass is 262 g/mol. The Labute approximate surface area is 115 Å². The SMILES string of the molecule is Cc1ncc(B2OC(C)(C)C(C)(C)O2)cc1CCN. The average molecular weight is 262 g/mol. The molecular weight excluding hydrogens is 239 g/mol. The van der Waals surface area contributed by atoms with Crippen molar-refractivity contribution >= 4 is 12.6 Å². The lowest BCUT2D eigenvalue weighted by molar-refractivity contribution is 0.00578. The molecule has 1 aliphatic heterocycles. The van der Waals surface area contributed by atoms with Gasteiger partial charge in [0.25, 0.3) is 0 Å². The zero-order valence-electron chi connectivity index (χ0n) is 12.5. The zero-order valence-corrected chi connectivity index (χ0v) is 12.5. The van der Waals surface area contributed by atoms with Crippen LogP contribution in [0.4, 0.5) is 0 Å². The van der Waals surface area contributed by atoms with Crippen molar-refractivity contribution < 1.29 is 9.31 Å².